The smallest absolute Gasteiger partial charge is 0.260 e. The second-order valence-electron chi connectivity index (χ2n) is 7.52. The van der Waals surface area contributed by atoms with E-state index in [0.717, 1.165) is 36.9 Å². The lowest BCUT2D eigenvalue weighted by atomic mass is 9.81. The first-order chi connectivity index (χ1) is 13.1. The molecular weight excluding hydrogens is 342 g/mol. The Kier molecular flexibility index (Phi) is 3.63. The van der Waals surface area contributed by atoms with Crippen LogP contribution < -0.4 is 10.2 Å². The van der Waals surface area contributed by atoms with Crippen LogP contribution in [0.4, 0.5) is 11.9 Å². The Morgan fingerprint density at radius 3 is 2.37 bits per heavy atom. The van der Waals surface area contributed by atoms with Crippen molar-refractivity contribution in [2.24, 2.45) is 11.8 Å². The van der Waals surface area contributed by atoms with Gasteiger partial charge in [-0.25, -0.2) is 9.58 Å². The summed E-state index contributed by atoms with van der Waals surface area (Å²) in [4.78, 5) is 31.4. The van der Waals surface area contributed by atoms with E-state index in [1.807, 2.05) is 37.3 Å². The molecule has 2 fully saturated rings. The fourth-order valence-corrected chi connectivity index (χ4v) is 4.46. The van der Waals surface area contributed by atoms with E-state index in [-0.39, 0.29) is 35.6 Å². The van der Waals surface area contributed by atoms with Crippen LogP contribution in [0.5, 0.6) is 0 Å². The summed E-state index contributed by atoms with van der Waals surface area (Å²) in [6, 6.07) is 9.88. The standard InChI is InChI=1S/C20H21N5O2/c1-12-11-16(13-7-3-2-4-8-13)25-19(21-12)22-20(23-25)24-17(26)14-9-5-6-10-15(14)18(24)27/h2-4,7-8,11,14-16H,5-6,9-10H2,1H3,(H,21,22,23)/t14-,15-,16+/m0/s1. The minimum atomic E-state index is -0.204. The first-order valence-electron chi connectivity index (χ1n) is 9.48. The molecule has 1 aromatic carbocycles. The number of fused-ring (bicyclic) bond motifs is 2. The fourth-order valence-electron chi connectivity index (χ4n) is 4.46. The lowest BCUT2D eigenvalue weighted by Crippen LogP contribution is -2.32. The third-order valence-electron chi connectivity index (χ3n) is 5.78. The van der Waals surface area contributed by atoms with E-state index in [1.54, 1.807) is 4.68 Å². The number of imide groups is 1. The highest BCUT2D eigenvalue weighted by Gasteiger charge is 2.50. The maximum Gasteiger partial charge on any atom is 0.260 e. The third-order valence-corrected chi connectivity index (χ3v) is 5.78. The number of aromatic nitrogens is 3. The SMILES string of the molecule is CC1=C[C@H](c2ccccc2)n2nc(N3C(=O)[C@H]4CCCC[C@@H]4C3=O)nc2N1. The number of allylic oxidation sites excluding steroid dienone is 2. The van der Waals surface area contributed by atoms with Crippen LogP contribution in [0.25, 0.3) is 0 Å². The number of carbonyl (C=O) groups excluding carboxylic acids is 2. The normalized spacial score (nSPS) is 27.1. The van der Waals surface area contributed by atoms with Gasteiger partial charge in [0, 0.05) is 5.70 Å². The summed E-state index contributed by atoms with van der Waals surface area (Å²) in [5, 5.41) is 7.76. The molecule has 1 saturated heterocycles. The summed E-state index contributed by atoms with van der Waals surface area (Å²) in [7, 11) is 0. The Balaban J connectivity index is 1.54. The summed E-state index contributed by atoms with van der Waals surface area (Å²) in [5.74, 6) is 0.0384. The molecule has 138 valence electrons. The van der Waals surface area contributed by atoms with Crippen molar-refractivity contribution in [3.63, 3.8) is 0 Å². The lowest BCUT2D eigenvalue weighted by molar-refractivity contribution is -0.122. The number of nitrogens with zero attached hydrogens (tertiary/aromatic N) is 4. The molecule has 3 aliphatic rings. The van der Waals surface area contributed by atoms with Gasteiger partial charge in [-0.05, 0) is 31.4 Å². The van der Waals surface area contributed by atoms with Gasteiger partial charge in [0.25, 0.3) is 5.95 Å². The molecule has 0 unspecified atom stereocenters. The average Bonchev–Trinajstić information content (AvgIpc) is 3.21. The molecule has 2 aliphatic heterocycles. The molecule has 0 spiro atoms. The maximum atomic E-state index is 12.9. The van der Waals surface area contributed by atoms with Gasteiger partial charge in [0.15, 0.2) is 0 Å². The van der Waals surface area contributed by atoms with Gasteiger partial charge in [-0.15, -0.1) is 5.10 Å². The van der Waals surface area contributed by atoms with Gasteiger partial charge in [-0.2, -0.15) is 4.98 Å². The van der Waals surface area contributed by atoms with Crippen molar-refractivity contribution in [1.82, 2.24) is 14.8 Å². The number of amides is 2. The second kappa shape index (κ2) is 6.04. The number of hydrogen-bond donors (Lipinski definition) is 1. The molecule has 7 nitrogen and oxygen atoms in total. The fraction of sp³-hybridized carbons (Fsp3) is 0.400. The van der Waals surface area contributed by atoms with Crippen molar-refractivity contribution in [3.8, 4) is 0 Å². The van der Waals surface area contributed by atoms with E-state index in [2.05, 4.69) is 21.5 Å². The molecule has 2 amide bonds. The zero-order chi connectivity index (χ0) is 18.5. The van der Waals surface area contributed by atoms with Crippen LogP contribution in [0.2, 0.25) is 0 Å². The predicted molar refractivity (Wildman–Crippen MR) is 99.9 cm³/mol. The van der Waals surface area contributed by atoms with E-state index < -0.39 is 0 Å². The molecule has 0 bridgehead atoms. The highest BCUT2D eigenvalue weighted by molar-refractivity contribution is 6.21. The summed E-state index contributed by atoms with van der Waals surface area (Å²) in [6.07, 6.45) is 5.63. The zero-order valence-corrected chi connectivity index (χ0v) is 15.1. The van der Waals surface area contributed by atoms with Crippen molar-refractivity contribution < 1.29 is 9.59 Å². The monoisotopic (exact) mass is 363 g/mol. The molecule has 1 saturated carbocycles. The van der Waals surface area contributed by atoms with Gasteiger partial charge in [0.1, 0.15) is 6.04 Å². The summed E-state index contributed by atoms with van der Waals surface area (Å²) in [6.45, 7) is 1.97. The number of rotatable bonds is 2. The van der Waals surface area contributed by atoms with Gasteiger partial charge in [0.05, 0.1) is 11.8 Å². The van der Waals surface area contributed by atoms with Crippen molar-refractivity contribution >= 4 is 23.7 Å². The Bertz CT molecular complexity index is 925. The van der Waals surface area contributed by atoms with Crippen LogP contribution in [0.3, 0.4) is 0 Å². The van der Waals surface area contributed by atoms with Crippen molar-refractivity contribution in [3.05, 3.63) is 47.7 Å². The molecule has 1 aliphatic carbocycles. The number of benzene rings is 1. The van der Waals surface area contributed by atoms with Gasteiger partial charge in [-0.3, -0.25) is 9.59 Å². The summed E-state index contributed by atoms with van der Waals surface area (Å²) >= 11 is 0. The molecule has 27 heavy (non-hydrogen) atoms. The van der Waals surface area contributed by atoms with Crippen LogP contribution in [0, 0.1) is 11.8 Å². The zero-order valence-electron chi connectivity index (χ0n) is 15.1. The Morgan fingerprint density at radius 1 is 1.04 bits per heavy atom. The van der Waals surface area contributed by atoms with E-state index in [9.17, 15) is 9.59 Å². The molecule has 1 aromatic heterocycles. The summed E-state index contributed by atoms with van der Waals surface area (Å²) < 4.78 is 1.75. The molecular formula is C20H21N5O2. The van der Waals surface area contributed by atoms with E-state index >= 15 is 0 Å². The Morgan fingerprint density at radius 2 is 1.70 bits per heavy atom. The van der Waals surface area contributed by atoms with Crippen LogP contribution in [-0.2, 0) is 9.59 Å². The number of carbonyl (C=O) groups is 2. The quantitative estimate of drug-likeness (QED) is 0.830. The van der Waals surface area contributed by atoms with Crippen LogP contribution in [-0.4, -0.2) is 26.6 Å². The van der Waals surface area contributed by atoms with Crippen LogP contribution in [0.15, 0.2) is 42.1 Å². The van der Waals surface area contributed by atoms with E-state index in [1.165, 1.54) is 4.90 Å². The van der Waals surface area contributed by atoms with Crippen LogP contribution >= 0.6 is 0 Å². The maximum absolute atomic E-state index is 12.9. The second-order valence-corrected chi connectivity index (χ2v) is 7.52. The van der Waals surface area contributed by atoms with Crippen molar-refractivity contribution in [1.29, 1.82) is 0 Å². The molecule has 3 heterocycles. The topological polar surface area (TPSA) is 80.1 Å². The van der Waals surface area contributed by atoms with Gasteiger partial charge >= 0.3 is 0 Å². The predicted octanol–water partition coefficient (Wildman–Crippen LogP) is 2.88. The number of anilines is 2. The highest BCUT2D eigenvalue weighted by Crippen LogP contribution is 2.40. The first-order valence-corrected chi connectivity index (χ1v) is 9.48. The van der Waals surface area contributed by atoms with Gasteiger partial charge < -0.3 is 5.32 Å². The van der Waals surface area contributed by atoms with Gasteiger partial charge in [0.2, 0.25) is 17.8 Å². The minimum absolute atomic E-state index is 0.126. The van der Waals surface area contributed by atoms with Gasteiger partial charge in [-0.1, -0.05) is 43.2 Å². The largest absolute Gasteiger partial charge is 0.329 e. The first kappa shape index (κ1) is 16.2. The molecule has 0 radical (unpaired) electrons. The Hall–Kier alpha value is -2.96. The lowest BCUT2D eigenvalue weighted by Gasteiger charge is -2.22. The number of hydrogen-bond acceptors (Lipinski definition) is 5. The molecule has 5 rings (SSSR count). The highest BCUT2D eigenvalue weighted by atomic mass is 16.2. The van der Waals surface area contributed by atoms with E-state index in [0.29, 0.717) is 5.95 Å². The minimum Gasteiger partial charge on any atom is -0.329 e. The summed E-state index contributed by atoms with van der Waals surface area (Å²) in [5.41, 5.74) is 2.03. The number of nitrogens with one attached hydrogen (secondary N) is 1. The molecule has 1 N–H and O–H groups in total. The molecule has 3 atom stereocenters. The third kappa shape index (κ3) is 2.49. The van der Waals surface area contributed by atoms with Crippen LogP contribution in [0.1, 0.15) is 44.2 Å². The van der Waals surface area contributed by atoms with Crippen molar-refractivity contribution in [2.45, 2.75) is 38.6 Å². The van der Waals surface area contributed by atoms with E-state index in [4.69, 9.17) is 0 Å². The Labute approximate surface area is 157 Å². The van der Waals surface area contributed by atoms with Crippen molar-refractivity contribution in [2.75, 3.05) is 10.2 Å². The molecule has 7 heteroatoms. The molecule has 2 aromatic rings. The average molecular weight is 363 g/mol.